The molecule has 25 heavy (non-hydrogen) atoms. The Kier molecular flexibility index (Phi) is 5.72. The van der Waals surface area contributed by atoms with Crippen LogP contribution < -0.4 is 14.6 Å². The van der Waals surface area contributed by atoms with Crippen LogP contribution in [0.25, 0.3) is 0 Å². The molecule has 3 N–H and O–H groups in total. The predicted octanol–water partition coefficient (Wildman–Crippen LogP) is 1.41. The molecular formula is C14H14F2N2O5S2. The molecule has 0 saturated heterocycles. The minimum Gasteiger partial charge on any atom is -0.435 e. The summed E-state index contributed by atoms with van der Waals surface area (Å²) in [5.41, 5.74) is 0.493. The summed E-state index contributed by atoms with van der Waals surface area (Å²) in [6.07, 6.45) is 0. The van der Waals surface area contributed by atoms with E-state index in [-0.39, 0.29) is 22.1 Å². The number of primary sulfonamides is 1. The van der Waals surface area contributed by atoms with Crippen molar-refractivity contribution in [1.29, 1.82) is 0 Å². The number of halogens is 2. The van der Waals surface area contributed by atoms with Crippen LogP contribution in [-0.2, 0) is 26.6 Å². The molecule has 0 aliphatic carbocycles. The highest BCUT2D eigenvalue weighted by molar-refractivity contribution is 7.90. The van der Waals surface area contributed by atoms with Crippen LogP contribution >= 0.6 is 0 Å². The van der Waals surface area contributed by atoms with Gasteiger partial charge >= 0.3 is 6.61 Å². The SMILES string of the molecule is NS(=O)(=O)c1cccc(S(=O)(=O)NCc2ccc(OC(F)F)cc2)c1. The average Bonchev–Trinajstić information content (AvgIpc) is 2.53. The molecule has 136 valence electrons. The predicted molar refractivity (Wildman–Crippen MR) is 84.9 cm³/mol. The maximum absolute atomic E-state index is 12.2. The summed E-state index contributed by atoms with van der Waals surface area (Å²) in [6.45, 7) is -3.08. The highest BCUT2D eigenvalue weighted by Crippen LogP contribution is 2.17. The molecule has 0 saturated carbocycles. The average molecular weight is 392 g/mol. The fourth-order valence-corrected chi connectivity index (χ4v) is 3.57. The number of rotatable bonds is 7. The minimum absolute atomic E-state index is 0.0533. The lowest BCUT2D eigenvalue weighted by atomic mass is 10.2. The molecule has 0 aliphatic heterocycles. The summed E-state index contributed by atoms with van der Waals surface area (Å²) in [5.74, 6) is -0.0533. The van der Waals surface area contributed by atoms with Gasteiger partial charge < -0.3 is 4.74 Å². The van der Waals surface area contributed by atoms with E-state index < -0.39 is 26.7 Å². The molecule has 0 bridgehead atoms. The van der Waals surface area contributed by atoms with Crippen LogP contribution in [0.1, 0.15) is 5.56 Å². The zero-order valence-corrected chi connectivity index (χ0v) is 14.2. The lowest BCUT2D eigenvalue weighted by Crippen LogP contribution is -2.23. The van der Waals surface area contributed by atoms with Gasteiger partial charge in [0.1, 0.15) is 5.75 Å². The number of nitrogens with one attached hydrogen (secondary N) is 1. The largest absolute Gasteiger partial charge is 0.435 e. The van der Waals surface area contributed by atoms with Gasteiger partial charge in [0.25, 0.3) is 0 Å². The van der Waals surface area contributed by atoms with Crippen molar-refractivity contribution in [3.8, 4) is 5.75 Å². The van der Waals surface area contributed by atoms with Crippen LogP contribution in [0.3, 0.4) is 0 Å². The second-order valence-corrected chi connectivity index (χ2v) is 8.20. The van der Waals surface area contributed by atoms with Gasteiger partial charge in [-0.25, -0.2) is 26.7 Å². The first kappa shape index (κ1) is 19.2. The van der Waals surface area contributed by atoms with E-state index >= 15 is 0 Å². The van der Waals surface area contributed by atoms with Crippen molar-refractivity contribution in [2.45, 2.75) is 22.9 Å². The van der Waals surface area contributed by atoms with E-state index in [9.17, 15) is 25.6 Å². The van der Waals surface area contributed by atoms with Crippen LogP contribution in [0, 0.1) is 0 Å². The van der Waals surface area contributed by atoms with Gasteiger partial charge in [-0.1, -0.05) is 18.2 Å². The Morgan fingerprint density at radius 1 is 1.00 bits per heavy atom. The van der Waals surface area contributed by atoms with Crippen molar-refractivity contribution in [2.24, 2.45) is 5.14 Å². The smallest absolute Gasteiger partial charge is 0.387 e. The molecule has 11 heteroatoms. The lowest BCUT2D eigenvalue weighted by molar-refractivity contribution is -0.0498. The fraction of sp³-hybridized carbons (Fsp3) is 0.143. The highest BCUT2D eigenvalue weighted by Gasteiger charge is 2.17. The first-order valence-electron chi connectivity index (χ1n) is 6.74. The molecule has 2 aromatic carbocycles. The summed E-state index contributed by atoms with van der Waals surface area (Å²) < 4.78 is 77.6. The summed E-state index contributed by atoms with van der Waals surface area (Å²) in [4.78, 5) is -0.597. The molecule has 0 aliphatic rings. The summed E-state index contributed by atoms with van der Waals surface area (Å²) >= 11 is 0. The van der Waals surface area contributed by atoms with Crippen LogP contribution in [0.15, 0.2) is 58.3 Å². The van der Waals surface area contributed by atoms with Crippen LogP contribution in [0.4, 0.5) is 8.78 Å². The summed E-state index contributed by atoms with van der Waals surface area (Å²) in [7, 11) is -8.03. The molecular weight excluding hydrogens is 378 g/mol. The summed E-state index contributed by atoms with van der Waals surface area (Å²) in [5, 5.41) is 4.97. The Morgan fingerprint density at radius 3 is 2.16 bits per heavy atom. The van der Waals surface area contributed by atoms with Gasteiger partial charge in [0, 0.05) is 6.54 Å². The number of hydrogen-bond acceptors (Lipinski definition) is 5. The van der Waals surface area contributed by atoms with Gasteiger partial charge in [0.05, 0.1) is 9.79 Å². The fourth-order valence-electron chi connectivity index (χ4n) is 1.87. The van der Waals surface area contributed by atoms with E-state index in [0.717, 1.165) is 6.07 Å². The van der Waals surface area contributed by atoms with E-state index in [1.54, 1.807) is 0 Å². The Morgan fingerprint density at radius 2 is 1.60 bits per heavy atom. The van der Waals surface area contributed by atoms with E-state index in [4.69, 9.17) is 5.14 Å². The molecule has 0 atom stereocenters. The third kappa shape index (κ3) is 5.46. The van der Waals surface area contributed by atoms with Gasteiger partial charge in [-0.3, -0.25) is 0 Å². The monoisotopic (exact) mass is 392 g/mol. The summed E-state index contributed by atoms with van der Waals surface area (Å²) in [6, 6.07) is 9.98. The molecule has 0 heterocycles. The second kappa shape index (κ2) is 7.44. The highest BCUT2D eigenvalue weighted by atomic mass is 32.2. The van der Waals surface area contributed by atoms with Gasteiger partial charge in [-0.15, -0.1) is 0 Å². The number of benzene rings is 2. The van der Waals surface area contributed by atoms with Crippen molar-refractivity contribution in [2.75, 3.05) is 0 Å². The zero-order chi connectivity index (χ0) is 18.7. The maximum atomic E-state index is 12.2. The van der Waals surface area contributed by atoms with E-state index in [1.165, 1.54) is 42.5 Å². The third-order valence-electron chi connectivity index (χ3n) is 3.06. The number of alkyl halides is 2. The maximum Gasteiger partial charge on any atom is 0.387 e. The lowest BCUT2D eigenvalue weighted by Gasteiger charge is -2.09. The topological polar surface area (TPSA) is 116 Å². The molecule has 2 rings (SSSR count). The minimum atomic E-state index is -4.03. The van der Waals surface area contributed by atoms with Crippen LogP contribution in [0.5, 0.6) is 5.75 Å². The van der Waals surface area contributed by atoms with Crippen LogP contribution in [-0.4, -0.2) is 23.4 Å². The van der Waals surface area contributed by atoms with Gasteiger partial charge in [-0.2, -0.15) is 8.78 Å². The van der Waals surface area contributed by atoms with E-state index in [1.807, 2.05) is 0 Å². The van der Waals surface area contributed by atoms with Crippen molar-refractivity contribution in [1.82, 2.24) is 4.72 Å². The number of ether oxygens (including phenoxy) is 1. The molecule has 0 spiro atoms. The van der Waals surface area contributed by atoms with Gasteiger partial charge in [0.2, 0.25) is 20.0 Å². The normalized spacial score (nSPS) is 12.3. The van der Waals surface area contributed by atoms with Gasteiger partial charge in [-0.05, 0) is 35.9 Å². The molecule has 0 aromatic heterocycles. The molecule has 7 nitrogen and oxygen atoms in total. The number of nitrogens with two attached hydrogens (primary N) is 1. The number of hydrogen-bond donors (Lipinski definition) is 2. The van der Waals surface area contributed by atoms with Crippen molar-refractivity contribution < 1.29 is 30.4 Å². The third-order valence-corrected chi connectivity index (χ3v) is 5.37. The van der Waals surface area contributed by atoms with E-state index in [0.29, 0.717) is 5.56 Å². The standard InChI is InChI=1S/C14H14F2N2O5S2/c15-14(16)23-11-6-4-10(5-7-11)9-18-25(21,22)13-3-1-2-12(8-13)24(17,19)20/h1-8,14,18H,9H2,(H2,17,19,20). The quantitative estimate of drug-likeness (QED) is 0.739. The Balaban J connectivity index is 2.12. The van der Waals surface area contributed by atoms with Crippen LogP contribution in [0.2, 0.25) is 0 Å². The molecule has 0 unspecified atom stereocenters. The Bertz CT molecular complexity index is 945. The zero-order valence-electron chi connectivity index (χ0n) is 12.6. The molecule has 0 fully saturated rings. The molecule has 2 aromatic rings. The van der Waals surface area contributed by atoms with Crippen molar-refractivity contribution >= 4 is 20.0 Å². The Labute approximate surface area is 143 Å². The number of sulfonamides is 2. The molecule has 0 amide bonds. The van der Waals surface area contributed by atoms with Crippen molar-refractivity contribution in [3.63, 3.8) is 0 Å². The second-order valence-electron chi connectivity index (χ2n) is 4.87. The first-order chi connectivity index (χ1) is 11.6. The Hall–Kier alpha value is -2.08. The first-order valence-corrected chi connectivity index (χ1v) is 9.77. The van der Waals surface area contributed by atoms with Gasteiger partial charge in [0.15, 0.2) is 0 Å². The molecule has 0 radical (unpaired) electrons. The van der Waals surface area contributed by atoms with E-state index in [2.05, 4.69) is 9.46 Å². The van der Waals surface area contributed by atoms with Crippen molar-refractivity contribution in [3.05, 3.63) is 54.1 Å².